The number of fused-ring (bicyclic) bond motifs is 2. The van der Waals surface area contributed by atoms with Crippen LogP contribution in [0, 0.1) is 5.92 Å². The molecule has 2 aliphatic heterocycles. The average molecular weight is 277 g/mol. The molecule has 4 heteroatoms. The van der Waals surface area contributed by atoms with Crippen molar-refractivity contribution in [2.45, 2.75) is 37.5 Å². The molecule has 4 atom stereocenters. The van der Waals surface area contributed by atoms with Crippen LogP contribution in [-0.4, -0.2) is 32.5 Å². The molecule has 2 heterocycles. The fourth-order valence-electron chi connectivity index (χ4n) is 3.41. The van der Waals surface area contributed by atoms with Gasteiger partial charge in [-0.15, -0.1) is 0 Å². The van der Waals surface area contributed by atoms with Gasteiger partial charge in [-0.3, -0.25) is 0 Å². The third-order valence-electron chi connectivity index (χ3n) is 4.44. The molecule has 2 N–H and O–H groups in total. The molecule has 2 aliphatic rings. The van der Waals surface area contributed by atoms with E-state index in [0.717, 1.165) is 24.2 Å². The number of rotatable bonds is 6. The Morgan fingerprint density at radius 3 is 2.85 bits per heavy atom. The highest BCUT2D eigenvalue weighted by molar-refractivity contribution is 5.36. The molecule has 3 rings (SSSR count). The maximum absolute atomic E-state index is 6.50. The fourth-order valence-corrected chi connectivity index (χ4v) is 3.41. The monoisotopic (exact) mass is 277 g/mol. The van der Waals surface area contributed by atoms with Crippen molar-refractivity contribution in [3.8, 4) is 5.75 Å². The fraction of sp³-hybridized carbons (Fsp3) is 0.625. The molecule has 2 fully saturated rings. The van der Waals surface area contributed by atoms with E-state index < -0.39 is 0 Å². The largest absolute Gasteiger partial charge is 0.491 e. The summed E-state index contributed by atoms with van der Waals surface area (Å²) < 4.78 is 16.7. The molecular formula is C16H23NO3. The summed E-state index contributed by atoms with van der Waals surface area (Å²) in [5, 5.41) is 0. The summed E-state index contributed by atoms with van der Waals surface area (Å²) >= 11 is 0. The molecule has 4 unspecified atom stereocenters. The van der Waals surface area contributed by atoms with E-state index in [9.17, 15) is 0 Å². The van der Waals surface area contributed by atoms with E-state index in [1.54, 1.807) is 7.11 Å². The van der Waals surface area contributed by atoms with Crippen molar-refractivity contribution < 1.29 is 14.2 Å². The summed E-state index contributed by atoms with van der Waals surface area (Å²) in [7, 11) is 1.67. The van der Waals surface area contributed by atoms with Crippen molar-refractivity contribution in [3.05, 3.63) is 29.8 Å². The molecule has 20 heavy (non-hydrogen) atoms. The molecule has 0 amide bonds. The molecule has 1 aromatic carbocycles. The van der Waals surface area contributed by atoms with Gasteiger partial charge in [-0.25, -0.2) is 0 Å². The van der Waals surface area contributed by atoms with Crippen LogP contribution in [0.4, 0.5) is 0 Å². The molecule has 0 radical (unpaired) electrons. The Kier molecular flexibility index (Phi) is 4.24. The predicted molar refractivity (Wildman–Crippen MR) is 76.7 cm³/mol. The van der Waals surface area contributed by atoms with Gasteiger partial charge >= 0.3 is 0 Å². The van der Waals surface area contributed by atoms with E-state index in [1.165, 1.54) is 6.42 Å². The first-order chi connectivity index (χ1) is 9.79. The van der Waals surface area contributed by atoms with Gasteiger partial charge in [0.15, 0.2) is 0 Å². The first kappa shape index (κ1) is 13.9. The summed E-state index contributed by atoms with van der Waals surface area (Å²) in [6, 6.07) is 8.05. The smallest absolute Gasteiger partial charge is 0.124 e. The van der Waals surface area contributed by atoms with Gasteiger partial charge in [0.05, 0.1) is 18.8 Å². The molecule has 0 aromatic heterocycles. The zero-order chi connectivity index (χ0) is 13.9. The second-order valence-electron chi connectivity index (χ2n) is 5.68. The van der Waals surface area contributed by atoms with Gasteiger partial charge in [0, 0.05) is 24.6 Å². The molecule has 110 valence electrons. The topological polar surface area (TPSA) is 53.7 Å². The third-order valence-corrected chi connectivity index (χ3v) is 4.44. The molecule has 1 aromatic rings. The zero-order valence-electron chi connectivity index (χ0n) is 12.0. The van der Waals surface area contributed by atoms with E-state index >= 15 is 0 Å². The Labute approximate surface area is 120 Å². The molecule has 4 nitrogen and oxygen atoms in total. The number of ether oxygens (including phenoxy) is 3. The van der Waals surface area contributed by atoms with Gasteiger partial charge in [-0.1, -0.05) is 18.2 Å². The van der Waals surface area contributed by atoms with Crippen molar-refractivity contribution in [2.24, 2.45) is 11.7 Å². The zero-order valence-corrected chi connectivity index (χ0v) is 12.0. The molecule has 0 spiro atoms. The third kappa shape index (κ3) is 2.68. The second-order valence-corrected chi connectivity index (χ2v) is 5.68. The van der Waals surface area contributed by atoms with Crippen molar-refractivity contribution in [3.63, 3.8) is 0 Å². The Morgan fingerprint density at radius 2 is 2.15 bits per heavy atom. The maximum atomic E-state index is 6.50. The highest BCUT2D eigenvalue weighted by Crippen LogP contribution is 2.45. The molecule has 2 saturated heterocycles. The Bertz CT molecular complexity index is 451. The van der Waals surface area contributed by atoms with Crippen LogP contribution in [0.25, 0.3) is 0 Å². The Balaban J connectivity index is 1.72. The molecular weight excluding hydrogens is 254 g/mol. The van der Waals surface area contributed by atoms with E-state index in [4.69, 9.17) is 19.9 Å². The van der Waals surface area contributed by atoms with Crippen molar-refractivity contribution in [1.82, 2.24) is 0 Å². The first-order valence-electron chi connectivity index (χ1n) is 7.41. The van der Waals surface area contributed by atoms with Crippen LogP contribution in [0.15, 0.2) is 24.3 Å². The van der Waals surface area contributed by atoms with Crippen LogP contribution in [0.3, 0.4) is 0 Å². The van der Waals surface area contributed by atoms with Gasteiger partial charge in [-0.2, -0.15) is 0 Å². The minimum atomic E-state index is -0.0101. The minimum absolute atomic E-state index is 0.0101. The Morgan fingerprint density at radius 1 is 1.30 bits per heavy atom. The molecule has 0 saturated carbocycles. The number of hydrogen-bond donors (Lipinski definition) is 1. The lowest BCUT2D eigenvalue weighted by Crippen LogP contribution is -2.29. The highest BCUT2D eigenvalue weighted by atomic mass is 16.5. The lowest BCUT2D eigenvalue weighted by Gasteiger charge is -2.27. The number of methoxy groups -OCH3 is 1. The van der Waals surface area contributed by atoms with Crippen LogP contribution in [0.5, 0.6) is 5.75 Å². The SMILES string of the molecule is COCCOc1ccccc1C(N)C1CC2CCC1O2. The summed E-state index contributed by atoms with van der Waals surface area (Å²) in [5.74, 6) is 1.29. The Hall–Kier alpha value is -1.10. The predicted octanol–water partition coefficient (Wildman–Crippen LogP) is 2.28. The van der Waals surface area contributed by atoms with Crippen LogP contribution < -0.4 is 10.5 Å². The standard InChI is InChI=1S/C16H23NO3/c1-18-8-9-19-14-5-3-2-4-12(14)16(17)13-10-11-6-7-15(13)20-11/h2-5,11,13,15-16H,6-10,17H2,1H3. The average Bonchev–Trinajstić information content (AvgIpc) is 3.10. The summed E-state index contributed by atoms with van der Waals surface area (Å²) in [4.78, 5) is 0. The van der Waals surface area contributed by atoms with Gasteiger partial charge in [0.25, 0.3) is 0 Å². The first-order valence-corrected chi connectivity index (χ1v) is 7.41. The number of para-hydroxylation sites is 1. The van der Waals surface area contributed by atoms with Crippen LogP contribution in [-0.2, 0) is 9.47 Å². The summed E-state index contributed by atoms with van der Waals surface area (Å²) in [5.41, 5.74) is 7.59. The summed E-state index contributed by atoms with van der Waals surface area (Å²) in [6.07, 6.45) is 4.19. The van der Waals surface area contributed by atoms with Crippen LogP contribution in [0.2, 0.25) is 0 Å². The summed E-state index contributed by atoms with van der Waals surface area (Å²) in [6.45, 7) is 1.13. The van der Waals surface area contributed by atoms with E-state index in [1.807, 2.05) is 18.2 Å². The molecule has 0 aliphatic carbocycles. The van der Waals surface area contributed by atoms with Gasteiger partial charge in [0.2, 0.25) is 0 Å². The quantitative estimate of drug-likeness (QED) is 0.811. The van der Waals surface area contributed by atoms with E-state index in [2.05, 4.69) is 6.07 Å². The number of hydrogen-bond acceptors (Lipinski definition) is 4. The second kappa shape index (κ2) is 6.12. The normalized spacial score (nSPS) is 29.6. The molecule has 2 bridgehead atoms. The number of nitrogens with two attached hydrogens (primary N) is 1. The van der Waals surface area contributed by atoms with Crippen molar-refractivity contribution in [1.29, 1.82) is 0 Å². The van der Waals surface area contributed by atoms with Crippen LogP contribution in [0.1, 0.15) is 30.9 Å². The van der Waals surface area contributed by atoms with Crippen molar-refractivity contribution >= 4 is 0 Å². The maximum Gasteiger partial charge on any atom is 0.124 e. The highest BCUT2D eigenvalue weighted by Gasteiger charge is 2.44. The van der Waals surface area contributed by atoms with Gasteiger partial charge in [0.1, 0.15) is 12.4 Å². The van der Waals surface area contributed by atoms with E-state index in [-0.39, 0.29) is 6.04 Å². The minimum Gasteiger partial charge on any atom is -0.491 e. The van der Waals surface area contributed by atoms with E-state index in [0.29, 0.717) is 31.3 Å². The number of benzene rings is 1. The van der Waals surface area contributed by atoms with Crippen LogP contribution >= 0.6 is 0 Å². The lowest BCUT2D eigenvalue weighted by molar-refractivity contribution is 0.0881. The van der Waals surface area contributed by atoms with Gasteiger partial charge in [-0.05, 0) is 25.3 Å². The van der Waals surface area contributed by atoms with Crippen molar-refractivity contribution in [2.75, 3.05) is 20.3 Å². The van der Waals surface area contributed by atoms with Gasteiger partial charge < -0.3 is 19.9 Å². The lowest BCUT2D eigenvalue weighted by atomic mass is 9.81.